The molecule has 2 amide bonds. The van der Waals surface area contributed by atoms with Gasteiger partial charge in [0.05, 0.1) is 12.5 Å². The number of carbonyl (C=O) groups is 3. The minimum Gasteiger partial charge on any atom is -0.478 e. The first kappa shape index (κ1) is 18.7. The van der Waals surface area contributed by atoms with Crippen LogP contribution in [0.1, 0.15) is 12.0 Å². The lowest BCUT2D eigenvalue weighted by Gasteiger charge is -2.17. The molecule has 0 aliphatic carbocycles. The number of aliphatic carboxylic acids is 1. The van der Waals surface area contributed by atoms with Crippen LogP contribution in [0, 0.1) is 11.3 Å². The maximum Gasteiger partial charge on any atom is 0.328 e. The average molecular weight is 354 g/mol. The number of amides is 2. The third-order valence-corrected chi connectivity index (χ3v) is 3.65. The number of rotatable bonds is 8. The van der Waals surface area contributed by atoms with Crippen LogP contribution in [0.15, 0.2) is 42.6 Å². The Bertz CT molecular complexity index is 879. The van der Waals surface area contributed by atoms with E-state index < -0.39 is 23.8 Å². The van der Waals surface area contributed by atoms with Gasteiger partial charge in [0.2, 0.25) is 11.8 Å². The molecule has 4 N–H and O–H groups in total. The van der Waals surface area contributed by atoms with E-state index in [1.54, 1.807) is 6.20 Å². The Morgan fingerprint density at radius 3 is 2.77 bits per heavy atom. The standard InChI is InChI=1S/C18H18N4O4/c19-8-3-9-20-18(26)15(22-16(23)6-7-17(24)25)10-12-11-21-14-5-2-1-4-13(12)14/h1-2,4-7,11,15,21H,3,9-10H2,(H,20,26)(H,22,23)(H,24,25). The van der Waals surface area contributed by atoms with Crippen LogP contribution < -0.4 is 10.6 Å². The van der Waals surface area contributed by atoms with E-state index in [9.17, 15) is 14.4 Å². The van der Waals surface area contributed by atoms with E-state index in [-0.39, 0.29) is 19.4 Å². The maximum atomic E-state index is 12.4. The molecule has 0 bridgehead atoms. The van der Waals surface area contributed by atoms with Crippen molar-refractivity contribution in [3.05, 3.63) is 48.2 Å². The van der Waals surface area contributed by atoms with Crippen molar-refractivity contribution in [2.24, 2.45) is 0 Å². The normalized spacial score (nSPS) is 11.8. The SMILES string of the molecule is N#CCCNC(=O)C(Cc1c[nH]c2ccccc12)NC(=O)C=CC(=O)O. The molecule has 2 rings (SSSR count). The largest absolute Gasteiger partial charge is 0.478 e. The van der Waals surface area contributed by atoms with Gasteiger partial charge in [0.1, 0.15) is 6.04 Å². The van der Waals surface area contributed by atoms with E-state index in [2.05, 4.69) is 15.6 Å². The molecule has 0 radical (unpaired) electrons. The molecule has 134 valence electrons. The van der Waals surface area contributed by atoms with Crippen molar-refractivity contribution in [3.63, 3.8) is 0 Å². The van der Waals surface area contributed by atoms with Gasteiger partial charge in [-0.2, -0.15) is 5.26 Å². The van der Waals surface area contributed by atoms with Gasteiger partial charge >= 0.3 is 5.97 Å². The number of nitriles is 1. The third-order valence-electron chi connectivity index (χ3n) is 3.65. The van der Waals surface area contributed by atoms with E-state index in [0.29, 0.717) is 6.08 Å². The molecular formula is C18H18N4O4. The topological polar surface area (TPSA) is 135 Å². The molecule has 0 aliphatic heterocycles. The van der Waals surface area contributed by atoms with Gasteiger partial charge in [-0.1, -0.05) is 18.2 Å². The zero-order chi connectivity index (χ0) is 18.9. The van der Waals surface area contributed by atoms with Crippen molar-refractivity contribution in [3.8, 4) is 6.07 Å². The Morgan fingerprint density at radius 2 is 2.04 bits per heavy atom. The van der Waals surface area contributed by atoms with Gasteiger partial charge in [-0.05, 0) is 11.6 Å². The number of carboxylic acid groups (broad SMARTS) is 1. The lowest BCUT2D eigenvalue weighted by Crippen LogP contribution is -2.47. The number of aromatic amines is 1. The number of fused-ring (bicyclic) bond motifs is 1. The number of para-hydroxylation sites is 1. The Morgan fingerprint density at radius 1 is 1.27 bits per heavy atom. The molecule has 1 aromatic heterocycles. The highest BCUT2D eigenvalue weighted by Gasteiger charge is 2.21. The molecule has 0 saturated heterocycles. The third kappa shape index (κ3) is 5.21. The second-order valence-corrected chi connectivity index (χ2v) is 5.50. The predicted molar refractivity (Wildman–Crippen MR) is 93.9 cm³/mol. The molecule has 8 heteroatoms. The zero-order valence-electron chi connectivity index (χ0n) is 13.9. The van der Waals surface area contributed by atoms with Crippen LogP contribution in [-0.4, -0.2) is 40.5 Å². The number of nitrogens with zero attached hydrogens (tertiary/aromatic N) is 1. The van der Waals surface area contributed by atoms with Crippen molar-refractivity contribution in [2.45, 2.75) is 18.9 Å². The van der Waals surface area contributed by atoms with Crippen LogP contribution in [0.4, 0.5) is 0 Å². The molecule has 1 atom stereocenters. The molecule has 2 aromatic rings. The Balaban J connectivity index is 2.16. The summed E-state index contributed by atoms with van der Waals surface area (Å²) >= 11 is 0. The maximum absolute atomic E-state index is 12.4. The number of carbonyl (C=O) groups excluding carboxylic acids is 2. The van der Waals surface area contributed by atoms with Gasteiger partial charge < -0.3 is 20.7 Å². The van der Waals surface area contributed by atoms with Gasteiger partial charge in [0.15, 0.2) is 0 Å². The Kier molecular flexibility index (Phi) is 6.51. The summed E-state index contributed by atoms with van der Waals surface area (Å²) in [6.45, 7) is 0.167. The second-order valence-electron chi connectivity index (χ2n) is 5.50. The summed E-state index contributed by atoms with van der Waals surface area (Å²) in [5, 5.41) is 23.2. The van der Waals surface area contributed by atoms with Crippen molar-refractivity contribution < 1.29 is 19.5 Å². The average Bonchev–Trinajstić information content (AvgIpc) is 3.02. The lowest BCUT2D eigenvalue weighted by atomic mass is 10.0. The summed E-state index contributed by atoms with van der Waals surface area (Å²) in [5.74, 6) is -2.39. The summed E-state index contributed by atoms with van der Waals surface area (Å²) in [4.78, 5) is 37.9. The molecule has 1 heterocycles. The van der Waals surface area contributed by atoms with E-state index in [1.165, 1.54) is 0 Å². The zero-order valence-corrected chi connectivity index (χ0v) is 13.9. The fourth-order valence-electron chi connectivity index (χ4n) is 2.46. The van der Waals surface area contributed by atoms with E-state index in [4.69, 9.17) is 10.4 Å². The number of nitrogens with one attached hydrogen (secondary N) is 3. The summed E-state index contributed by atoms with van der Waals surface area (Å²) in [6.07, 6.45) is 3.69. The van der Waals surface area contributed by atoms with Crippen LogP contribution in [0.25, 0.3) is 10.9 Å². The number of aromatic nitrogens is 1. The molecule has 0 fully saturated rings. The van der Waals surface area contributed by atoms with E-state index >= 15 is 0 Å². The predicted octanol–water partition coefficient (Wildman–Crippen LogP) is 0.866. The number of hydrogen-bond acceptors (Lipinski definition) is 4. The molecule has 1 aromatic carbocycles. The first-order chi connectivity index (χ1) is 12.5. The number of H-pyrrole nitrogens is 1. The van der Waals surface area contributed by atoms with Gasteiger partial charge in [-0.25, -0.2) is 4.79 Å². The van der Waals surface area contributed by atoms with Gasteiger partial charge in [0.25, 0.3) is 0 Å². The van der Waals surface area contributed by atoms with E-state index in [0.717, 1.165) is 22.5 Å². The molecular weight excluding hydrogens is 336 g/mol. The highest BCUT2D eigenvalue weighted by molar-refractivity contribution is 5.97. The fraction of sp³-hybridized carbons (Fsp3) is 0.222. The van der Waals surface area contributed by atoms with Gasteiger partial charge in [0, 0.05) is 42.2 Å². The first-order valence-electron chi connectivity index (χ1n) is 7.92. The van der Waals surface area contributed by atoms with Crippen LogP contribution >= 0.6 is 0 Å². The fourth-order valence-corrected chi connectivity index (χ4v) is 2.46. The molecule has 8 nitrogen and oxygen atoms in total. The summed E-state index contributed by atoms with van der Waals surface area (Å²) in [6, 6.07) is 8.57. The minimum absolute atomic E-state index is 0.151. The summed E-state index contributed by atoms with van der Waals surface area (Å²) in [5.41, 5.74) is 1.74. The molecule has 0 spiro atoms. The Hall–Kier alpha value is -3.60. The van der Waals surface area contributed by atoms with Crippen LogP contribution in [0.2, 0.25) is 0 Å². The first-order valence-corrected chi connectivity index (χ1v) is 7.92. The smallest absolute Gasteiger partial charge is 0.328 e. The lowest BCUT2D eigenvalue weighted by molar-refractivity contribution is -0.131. The summed E-state index contributed by atoms with van der Waals surface area (Å²) < 4.78 is 0. The number of hydrogen-bond donors (Lipinski definition) is 4. The number of benzene rings is 1. The van der Waals surface area contributed by atoms with Crippen molar-refractivity contribution >= 4 is 28.7 Å². The monoisotopic (exact) mass is 354 g/mol. The van der Waals surface area contributed by atoms with Gasteiger partial charge in [-0.15, -0.1) is 0 Å². The highest BCUT2D eigenvalue weighted by Crippen LogP contribution is 2.19. The molecule has 1 unspecified atom stereocenters. The molecule has 26 heavy (non-hydrogen) atoms. The molecule has 0 aliphatic rings. The highest BCUT2D eigenvalue weighted by atomic mass is 16.4. The van der Waals surface area contributed by atoms with E-state index in [1.807, 2.05) is 30.3 Å². The summed E-state index contributed by atoms with van der Waals surface area (Å²) in [7, 11) is 0. The van der Waals surface area contributed by atoms with Crippen LogP contribution in [0.5, 0.6) is 0 Å². The molecule has 0 saturated carbocycles. The Labute approximate surface area is 149 Å². The quantitative estimate of drug-likeness (QED) is 0.412. The van der Waals surface area contributed by atoms with Crippen LogP contribution in [-0.2, 0) is 20.8 Å². The van der Waals surface area contributed by atoms with Crippen molar-refractivity contribution in [2.75, 3.05) is 6.54 Å². The van der Waals surface area contributed by atoms with Crippen molar-refractivity contribution in [1.29, 1.82) is 5.26 Å². The van der Waals surface area contributed by atoms with Crippen LogP contribution in [0.3, 0.4) is 0 Å². The van der Waals surface area contributed by atoms with Gasteiger partial charge in [-0.3, -0.25) is 9.59 Å². The second kappa shape index (κ2) is 9.03. The van der Waals surface area contributed by atoms with Crippen molar-refractivity contribution in [1.82, 2.24) is 15.6 Å². The number of carboxylic acids is 1. The minimum atomic E-state index is -1.26.